The summed E-state index contributed by atoms with van der Waals surface area (Å²) in [4.78, 5) is 75.2. The number of nitro groups is 2. The van der Waals surface area contributed by atoms with Crippen molar-refractivity contribution in [2.45, 2.75) is 56.4 Å². The first-order valence-corrected chi connectivity index (χ1v) is 16.1. The lowest BCUT2D eigenvalue weighted by Crippen LogP contribution is -2.49. The van der Waals surface area contributed by atoms with Crippen LogP contribution in [0.1, 0.15) is 26.8 Å². The summed E-state index contributed by atoms with van der Waals surface area (Å²) in [6.45, 7) is 2.95. The van der Waals surface area contributed by atoms with E-state index in [1.54, 1.807) is 39.8 Å². The number of esters is 3. The van der Waals surface area contributed by atoms with E-state index >= 15 is 0 Å². The van der Waals surface area contributed by atoms with E-state index in [9.17, 15) is 39.4 Å². The molecule has 0 saturated carbocycles. The maximum atomic E-state index is 14.9. The van der Waals surface area contributed by atoms with Crippen LogP contribution in [0.2, 0.25) is 0 Å². The molecular formula is C34H30N5O12S+. The number of fused-ring (bicyclic) bond motifs is 3. The molecule has 3 heterocycles. The number of nitrogens with zero attached hydrogens (tertiary/aromatic N) is 5. The van der Waals surface area contributed by atoms with E-state index in [1.807, 2.05) is 0 Å². The predicted molar refractivity (Wildman–Crippen MR) is 182 cm³/mol. The number of nitro benzene ring substituents is 2. The molecule has 52 heavy (non-hydrogen) atoms. The third kappa shape index (κ3) is 6.56. The van der Waals surface area contributed by atoms with Crippen LogP contribution in [-0.4, -0.2) is 63.5 Å². The van der Waals surface area contributed by atoms with Crippen LogP contribution in [-0.2, 0) is 33.3 Å². The van der Waals surface area contributed by atoms with E-state index in [-0.39, 0.29) is 33.6 Å². The zero-order valence-corrected chi connectivity index (χ0v) is 28.6. The summed E-state index contributed by atoms with van der Waals surface area (Å²) >= 11 is 4.85. The van der Waals surface area contributed by atoms with Crippen molar-refractivity contribution in [3.8, 4) is 16.8 Å². The smallest absolute Gasteiger partial charge is 0.376 e. The lowest BCUT2D eigenvalue weighted by molar-refractivity contribution is -0.625. The Labute approximate surface area is 299 Å². The Kier molecular flexibility index (Phi) is 9.77. The van der Waals surface area contributed by atoms with Crippen molar-refractivity contribution in [2.24, 2.45) is 0 Å². The molecule has 268 valence electrons. The Morgan fingerprint density at radius 1 is 0.885 bits per heavy atom. The van der Waals surface area contributed by atoms with Gasteiger partial charge in [-0.2, -0.15) is 9.13 Å². The van der Waals surface area contributed by atoms with Crippen LogP contribution in [0, 0.1) is 20.2 Å². The summed E-state index contributed by atoms with van der Waals surface area (Å²) in [5, 5.41) is 23.3. The van der Waals surface area contributed by atoms with Gasteiger partial charge in [0.15, 0.2) is 23.3 Å². The van der Waals surface area contributed by atoms with Crippen LogP contribution in [0.4, 0.5) is 23.0 Å². The number of anilines is 2. The van der Waals surface area contributed by atoms with E-state index < -0.39 is 70.5 Å². The molecule has 1 aromatic heterocycles. The summed E-state index contributed by atoms with van der Waals surface area (Å²) in [6, 6.07) is 18.2. The summed E-state index contributed by atoms with van der Waals surface area (Å²) in [5.74, 6) is -2.13. The molecule has 0 radical (unpaired) electrons. The highest BCUT2D eigenvalue weighted by Gasteiger charge is 2.64. The molecule has 0 bridgehead atoms. The molecule has 0 N–H and O–H groups in total. The molecule has 2 aliphatic heterocycles. The molecule has 0 spiro atoms. The fourth-order valence-corrected chi connectivity index (χ4v) is 6.87. The largest absolute Gasteiger partial charge is 0.462 e. The number of rotatable bonds is 10. The first-order valence-electron chi connectivity index (χ1n) is 15.7. The van der Waals surface area contributed by atoms with Gasteiger partial charge in [0, 0.05) is 45.0 Å². The zero-order valence-electron chi connectivity index (χ0n) is 27.7. The van der Waals surface area contributed by atoms with Gasteiger partial charge in [-0.1, -0.05) is 30.3 Å². The number of hydrogen-bond acceptors (Lipinski definition) is 14. The van der Waals surface area contributed by atoms with Crippen LogP contribution >= 0.6 is 12.6 Å². The fraction of sp³-hybridized carbons (Fsp3) is 0.265. The fourth-order valence-electron chi connectivity index (χ4n) is 6.44. The minimum Gasteiger partial charge on any atom is -0.462 e. The van der Waals surface area contributed by atoms with Gasteiger partial charge < -0.3 is 18.9 Å². The lowest BCUT2D eigenvalue weighted by Gasteiger charge is -2.28. The highest BCUT2D eigenvalue weighted by Crippen LogP contribution is 2.48. The van der Waals surface area contributed by atoms with E-state index in [0.29, 0.717) is 11.3 Å². The quantitative estimate of drug-likeness (QED) is 0.0470. The second-order valence-corrected chi connectivity index (χ2v) is 12.2. The summed E-state index contributed by atoms with van der Waals surface area (Å²) < 4.78 is 26.0. The van der Waals surface area contributed by atoms with Gasteiger partial charge in [-0.15, -0.1) is 12.6 Å². The third-order valence-electron chi connectivity index (χ3n) is 8.46. The van der Waals surface area contributed by atoms with Crippen molar-refractivity contribution >= 4 is 53.5 Å². The zero-order chi connectivity index (χ0) is 37.4. The van der Waals surface area contributed by atoms with E-state index in [0.717, 1.165) is 20.8 Å². The molecule has 1 fully saturated rings. The Hall–Kier alpha value is -6.14. The van der Waals surface area contributed by atoms with Crippen LogP contribution < -0.4 is 15.0 Å². The molecule has 1 saturated heterocycles. The van der Waals surface area contributed by atoms with Gasteiger partial charge in [0.25, 0.3) is 11.4 Å². The summed E-state index contributed by atoms with van der Waals surface area (Å²) in [7, 11) is 0. The van der Waals surface area contributed by atoms with Gasteiger partial charge in [-0.3, -0.25) is 39.4 Å². The predicted octanol–water partition coefficient (Wildman–Crippen LogP) is 3.74. The standard InChI is InChI=1S/C34H29N5O12S/c1-18(40)48-17-26(49-19(2)41)29-30(50-20(3)42)28-32(51-29)35(22-9-13-24(14-10-22)38(44)45)34-36(23-11-15-25(16-12-23)39(46)47)33(52)27(31(43)37(28)34)21-7-5-4-6-8-21/h4-16,26,28-30,32H,17H2,1-3H3/p+1/t26-,28-,29-,30-,32+/m1/s1. The molecule has 3 aromatic carbocycles. The van der Waals surface area contributed by atoms with Gasteiger partial charge in [-0.25, -0.2) is 4.90 Å². The first-order chi connectivity index (χ1) is 24.8. The monoisotopic (exact) mass is 732 g/mol. The lowest BCUT2D eigenvalue weighted by atomic mass is 10.0. The highest BCUT2D eigenvalue weighted by atomic mass is 32.1. The number of carbonyl (C=O) groups excluding carboxylic acids is 3. The third-order valence-corrected chi connectivity index (χ3v) is 8.88. The second kappa shape index (κ2) is 14.2. The summed E-state index contributed by atoms with van der Waals surface area (Å²) in [6.07, 6.45) is -5.18. The first kappa shape index (κ1) is 35.7. The normalized spacial score (nSPS) is 19.3. The topological polar surface area (TPSA) is 204 Å². The minimum atomic E-state index is -1.35. The molecule has 0 amide bonds. The van der Waals surface area contributed by atoms with Crippen LogP contribution in [0.3, 0.4) is 0 Å². The number of carbonyl (C=O) groups is 3. The Morgan fingerprint density at radius 3 is 2.02 bits per heavy atom. The molecule has 17 nitrogen and oxygen atoms in total. The Balaban J connectivity index is 1.68. The highest BCUT2D eigenvalue weighted by molar-refractivity contribution is 7.80. The van der Waals surface area contributed by atoms with Gasteiger partial charge in [0.05, 0.1) is 9.85 Å². The molecule has 18 heteroatoms. The van der Waals surface area contributed by atoms with Crippen LogP contribution in [0.25, 0.3) is 16.8 Å². The second-order valence-electron chi connectivity index (χ2n) is 11.8. The molecule has 0 aliphatic carbocycles. The molecule has 0 unspecified atom stereocenters. The number of non-ortho nitro benzene ring substituents is 2. The van der Waals surface area contributed by atoms with Crippen molar-refractivity contribution in [3.05, 3.63) is 109 Å². The van der Waals surface area contributed by atoms with Gasteiger partial charge in [-0.05, 0) is 29.8 Å². The molecule has 4 aromatic rings. The number of thiol groups is 1. The number of benzene rings is 3. The number of aromatic nitrogens is 2. The SMILES string of the molecule is CC(=O)OC[C@@H](OC(C)=O)[C@H]1O[C@H]2[C@@H]([C@H]1OC(C)=O)n1c([n+](-c3ccc([N+](=O)[O-])cc3)c(S)c(-c3ccccc3)c1=O)N2c1ccc([N+](=O)[O-])cc1. The van der Waals surface area contributed by atoms with Crippen molar-refractivity contribution in [1.82, 2.24) is 4.57 Å². The molecule has 2 aliphatic rings. The molecular weight excluding hydrogens is 702 g/mol. The average Bonchev–Trinajstić information content (AvgIpc) is 3.61. The Bertz CT molecular complexity index is 2140. The van der Waals surface area contributed by atoms with E-state index in [1.165, 1.54) is 53.1 Å². The average molecular weight is 733 g/mol. The van der Waals surface area contributed by atoms with Crippen molar-refractivity contribution < 1.29 is 47.7 Å². The maximum Gasteiger partial charge on any atom is 0.376 e. The van der Waals surface area contributed by atoms with Crippen LogP contribution in [0.15, 0.2) is 88.7 Å². The molecule has 6 rings (SSSR count). The van der Waals surface area contributed by atoms with Crippen molar-refractivity contribution in [3.63, 3.8) is 0 Å². The van der Waals surface area contributed by atoms with E-state index in [2.05, 4.69) is 0 Å². The van der Waals surface area contributed by atoms with Crippen molar-refractivity contribution in [2.75, 3.05) is 11.5 Å². The van der Waals surface area contributed by atoms with Gasteiger partial charge in [0.1, 0.15) is 29.6 Å². The maximum absolute atomic E-state index is 14.9. The number of ether oxygens (including phenoxy) is 4. The van der Waals surface area contributed by atoms with Crippen molar-refractivity contribution in [1.29, 1.82) is 0 Å². The van der Waals surface area contributed by atoms with Gasteiger partial charge in [0.2, 0.25) is 6.23 Å². The van der Waals surface area contributed by atoms with E-state index in [4.69, 9.17) is 31.6 Å². The molecule has 5 atom stereocenters. The summed E-state index contributed by atoms with van der Waals surface area (Å²) in [5.41, 5.74) is 0.151. The Morgan fingerprint density at radius 2 is 1.48 bits per heavy atom. The number of hydrogen-bond donors (Lipinski definition) is 1. The van der Waals surface area contributed by atoms with Crippen LogP contribution in [0.5, 0.6) is 0 Å². The minimum absolute atomic E-state index is 0.0898. The van der Waals surface area contributed by atoms with Gasteiger partial charge >= 0.3 is 29.4 Å².